The van der Waals surface area contributed by atoms with Gasteiger partial charge in [0.15, 0.2) is 5.75 Å². The molecule has 9 heteroatoms. The molecule has 0 radical (unpaired) electrons. The van der Waals surface area contributed by atoms with Crippen LogP contribution in [0.4, 0.5) is 0 Å². The lowest BCUT2D eigenvalue weighted by atomic mass is 10.2. The molecule has 0 atom stereocenters. The number of fused-ring (bicyclic) bond motifs is 1. The maximum Gasteiger partial charge on any atom is 0.339 e. The molecule has 0 aliphatic carbocycles. The summed E-state index contributed by atoms with van der Waals surface area (Å²) in [6, 6.07) is 8.86. The van der Waals surface area contributed by atoms with Crippen LogP contribution in [0.2, 0.25) is 15.1 Å². The first-order valence-corrected chi connectivity index (χ1v) is 10.5. The lowest BCUT2D eigenvalue weighted by Gasteiger charge is -2.13. The van der Waals surface area contributed by atoms with Crippen LogP contribution in [-0.2, 0) is 10.1 Å². The molecule has 27 heavy (non-hydrogen) atoms. The van der Waals surface area contributed by atoms with Gasteiger partial charge < -0.3 is 8.92 Å². The summed E-state index contributed by atoms with van der Waals surface area (Å²) in [4.78, 5) is 4.03. The third kappa shape index (κ3) is 4.24. The first-order valence-electron chi connectivity index (χ1n) is 7.93. The van der Waals surface area contributed by atoms with E-state index < -0.39 is 10.1 Å². The first-order chi connectivity index (χ1) is 12.8. The number of aromatic nitrogens is 1. The minimum Gasteiger partial charge on any atom is -0.492 e. The second-order valence-electron chi connectivity index (χ2n) is 5.55. The number of pyridine rings is 1. The third-order valence-corrected chi connectivity index (χ3v) is 5.72. The number of halogens is 3. The Labute approximate surface area is 171 Å². The van der Waals surface area contributed by atoms with E-state index in [0.29, 0.717) is 22.0 Å². The summed E-state index contributed by atoms with van der Waals surface area (Å²) in [7, 11) is -4.21. The Kier molecular flexibility index (Phi) is 6.01. The molecule has 0 saturated heterocycles. The molecule has 0 aliphatic heterocycles. The van der Waals surface area contributed by atoms with E-state index in [9.17, 15) is 8.42 Å². The molecule has 0 fully saturated rings. The van der Waals surface area contributed by atoms with Crippen LogP contribution in [0, 0.1) is 0 Å². The Morgan fingerprint density at radius 1 is 1.04 bits per heavy atom. The van der Waals surface area contributed by atoms with Crippen molar-refractivity contribution in [2.75, 3.05) is 6.61 Å². The van der Waals surface area contributed by atoms with Crippen molar-refractivity contribution >= 4 is 55.8 Å². The summed E-state index contributed by atoms with van der Waals surface area (Å²) in [5, 5.41) is 1.21. The van der Waals surface area contributed by atoms with Crippen LogP contribution in [0.1, 0.15) is 13.3 Å². The molecule has 3 aromatic rings. The average Bonchev–Trinajstić information content (AvgIpc) is 2.64. The van der Waals surface area contributed by atoms with Gasteiger partial charge in [0.05, 0.1) is 21.7 Å². The number of hydrogen-bond acceptors (Lipinski definition) is 5. The van der Waals surface area contributed by atoms with E-state index in [1.165, 1.54) is 30.5 Å². The smallest absolute Gasteiger partial charge is 0.339 e. The van der Waals surface area contributed by atoms with Gasteiger partial charge in [-0.15, -0.1) is 0 Å². The van der Waals surface area contributed by atoms with Crippen molar-refractivity contribution in [2.45, 2.75) is 18.2 Å². The van der Waals surface area contributed by atoms with E-state index in [-0.39, 0.29) is 26.9 Å². The molecule has 0 saturated carbocycles. The molecule has 0 bridgehead atoms. The van der Waals surface area contributed by atoms with E-state index in [4.69, 9.17) is 43.7 Å². The van der Waals surface area contributed by atoms with Gasteiger partial charge in [-0.2, -0.15) is 8.42 Å². The summed E-state index contributed by atoms with van der Waals surface area (Å²) in [5.74, 6) is 0.163. The minimum atomic E-state index is -4.21. The molecular formula is C18H14Cl3NO4S. The summed E-state index contributed by atoms with van der Waals surface area (Å²) in [5.41, 5.74) is 0.245. The topological polar surface area (TPSA) is 65.5 Å². The van der Waals surface area contributed by atoms with Crippen molar-refractivity contribution in [3.8, 4) is 11.5 Å². The van der Waals surface area contributed by atoms with Crippen LogP contribution in [-0.4, -0.2) is 20.0 Å². The molecule has 0 amide bonds. The predicted octanol–water partition coefficient (Wildman–Crippen LogP) is 5.75. The van der Waals surface area contributed by atoms with Gasteiger partial charge in [0.25, 0.3) is 0 Å². The normalized spacial score (nSPS) is 11.6. The quantitative estimate of drug-likeness (QED) is 0.451. The van der Waals surface area contributed by atoms with Crippen LogP contribution in [0.5, 0.6) is 11.5 Å². The van der Waals surface area contributed by atoms with Gasteiger partial charge in [0, 0.05) is 17.6 Å². The fraction of sp³-hybridized carbons (Fsp3) is 0.167. The van der Waals surface area contributed by atoms with E-state index >= 15 is 0 Å². The van der Waals surface area contributed by atoms with Gasteiger partial charge in [0.2, 0.25) is 0 Å². The summed E-state index contributed by atoms with van der Waals surface area (Å²) >= 11 is 18.4. The van der Waals surface area contributed by atoms with Gasteiger partial charge in [0.1, 0.15) is 16.2 Å². The Morgan fingerprint density at radius 3 is 2.56 bits per heavy atom. The van der Waals surface area contributed by atoms with Crippen LogP contribution in [0.3, 0.4) is 0 Å². The monoisotopic (exact) mass is 445 g/mol. The van der Waals surface area contributed by atoms with Gasteiger partial charge >= 0.3 is 10.1 Å². The van der Waals surface area contributed by atoms with Gasteiger partial charge in [-0.1, -0.05) is 41.7 Å². The molecule has 142 valence electrons. The molecule has 0 N–H and O–H groups in total. The zero-order chi connectivity index (χ0) is 19.6. The van der Waals surface area contributed by atoms with E-state index in [1.807, 2.05) is 6.92 Å². The summed E-state index contributed by atoms with van der Waals surface area (Å²) < 4.78 is 36.3. The van der Waals surface area contributed by atoms with Crippen LogP contribution < -0.4 is 8.92 Å². The number of benzene rings is 2. The Morgan fingerprint density at radius 2 is 1.81 bits per heavy atom. The largest absolute Gasteiger partial charge is 0.492 e. The van der Waals surface area contributed by atoms with E-state index in [0.717, 1.165) is 6.42 Å². The highest BCUT2D eigenvalue weighted by Gasteiger charge is 2.23. The fourth-order valence-electron chi connectivity index (χ4n) is 2.35. The predicted molar refractivity (Wildman–Crippen MR) is 107 cm³/mol. The SMILES string of the molecule is CCCOc1cc(S(=O)(=O)Oc2c(Cl)cc(Cl)c3cccnc23)ccc1Cl. The fourth-order valence-corrected chi connectivity index (χ4v) is 4.09. The van der Waals surface area contributed by atoms with Crippen molar-refractivity contribution in [2.24, 2.45) is 0 Å². The van der Waals surface area contributed by atoms with Gasteiger partial charge in [-0.05, 0) is 36.8 Å². The minimum absolute atomic E-state index is 0.0335. The van der Waals surface area contributed by atoms with Crippen molar-refractivity contribution in [3.63, 3.8) is 0 Å². The van der Waals surface area contributed by atoms with Crippen LogP contribution >= 0.6 is 34.8 Å². The third-order valence-electron chi connectivity index (χ3n) is 3.60. The number of hydrogen-bond donors (Lipinski definition) is 0. The maximum atomic E-state index is 12.8. The highest BCUT2D eigenvalue weighted by Crippen LogP contribution is 2.39. The van der Waals surface area contributed by atoms with Crippen LogP contribution in [0.25, 0.3) is 10.9 Å². The molecule has 0 aliphatic rings. The molecule has 5 nitrogen and oxygen atoms in total. The standard InChI is InChI=1S/C18H14Cl3NO4S/c1-2-8-25-16-9-11(5-6-13(16)19)27(23,24)26-18-15(21)10-14(20)12-4-3-7-22-17(12)18/h3-7,9-10H,2,8H2,1H3. The second kappa shape index (κ2) is 8.10. The lowest BCUT2D eigenvalue weighted by molar-refractivity contribution is 0.316. The van der Waals surface area contributed by atoms with Gasteiger partial charge in [-0.3, -0.25) is 4.98 Å². The number of rotatable bonds is 6. The molecule has 1 aromatic heterocycles. The Bertz CT molecular complexity index is 1100. The van der Waals surface area contributed by atoms with Gasteiger partial charge in [-0.25, -0.2) is 0 Å². The maximum absolute atomic E-state index is 12.8. The second-order valence-corrected chi connectivity index (χ2v) is 8.31. The van der Waals surface area contributed by atoms with E-state index in [2.05, 4.69) is 4.98 Å². The molecule has 2 aromatic carbocycles. The summed E-state index contributed by atoms with van der Waals surface area (Å²) in [6.45, 7) is 2.33. The molecule has 0 spiro atoms. The van der Waals surface area contributed by atoms with Crippen molar-refractivity contribution in [1.29, 1.82) is 0 Å². The molecule has 0 unspecified atom stereocenters. The Balaban J connectivity index is 2.04. The molecule has 3 rings (SSSR count). The zero-order valence-electron chi connectivity index (χ0n) is 14.1. The van der Waals surface area contributed by atoms with Crippen molar-refractivity contribution < 1.29 is 17.3 Å². The highest BCUT2D eigenvalue weighted by atomic mass is 35.5. The highest BCUT2D eigenvalue weighted by molar-refractivity contribution is 7.87. The van der Waals surface area contributed by atoms with Crippen molar-refractivity contribution in [1.82, 2.24) is 4.98 Å². The Hall–Kier alpha value is -1.73. The first kappa shape index (κ1) is 20.0. The average molecular weight is 447 g/mol. The number of ether oxygens (including phenoxy) is 1. The van der Waals surface area contributed by atoms with E-state index in [1.54, 1.807) is 12.1 Å². The summed E-state index contributed by atoms with van der Waals surface area (Å²) in [6.07, 6.45) is 2.25. The molecular weight excluding hydrogens is 433 g/mol. The lowest BCUT2D eigenvalue weighted by Crippen LogP contribution is -2.11. The van der Waals surface area contributed by atoms with Crippen molar-refractivity contribution in [3.05, 3.63) is 57.7 Å². The zero-order valence-corrected chi connectivity index (χ0v) is 17.2. The number of nitrogens with zero attached hydrogens (tertiary/aromatic N) is 1. The van der Waals surface area contributed by atoms with Crippen LogP contribution in [0.15, 0.2) is 47.5 Å². The molecule has 1 heterocycles.